The number of carbonyl (C=O) groups excluding carboxylic acids is 1. The molecule has 0 bridgehead atoms. The molecule has 2 rings (SSSR count). The summed E-state index contributed by atoms with van der Waals surface area (Å²) in [5, 5.41) is 3.10. The summed E-state index contributed by atoms with van der Waals surface area (Å²) in [7, 11) is 0. The summed E-state index contributed by atoms with van der Waals surface area (Å²) < 4.78 is 5.03. The maximum absolute atomic E-state index is 11.6. The number of carbonyl (C=O) groups is 1. The van der Waals surface area contributed by atoms with Crippen molar-refractivity contribution in [1.82, 2.24) is 5.32 Å². The lowest BCUT2D eigenvalue weighted by Gasteiger charge is -2.09. The van der Waals surface area contributed by atoms with Gasteiger partial charge in [0.25, 0.3) is 5.91 Å². The van der Waals surface area contributed by atoms with Crippen LogP contribution in [0.1, 0.15) is 29.8 Å². The zero-order valence-electron chi connectivity index (χ0n) is 8.71. The van der Waals surface area contributed by atoms with Gasteiger partial charge in [0.05, 0.1) is 0 Å². The van der Waals surface area contributed by atoms with Crippen LogP contribution >= 0.6 is 27.5 Å². The molecule has 1 N–H and O–H groups in total. The van der Waals surface area contributed by atoms with Crippen LogP contribution in [0.2, 0.25) is 5.22 Å². The largest absolute Gasteiger partial charge is 0.440 e. The van der Waals surface area contributed by atoms with Crippen molar-refractivity contribution >= 4 is 33.4 Å². The highest BCUT2D eigenvalue weighted by Crippen LogP contribution is 2.30. The first-order chi connectivity index (χ1) is 7.65. The van der Waals surface area contributed by atoms with E-state index < -0.39 is 0 Å². The molecule has 88 valence electrons. The van der Waals surface area contributed by atoms with Gasteiger partial charge >= 0.3 is 0 Å². The molecule has 1 amide bonds. The molecular weight excluding hydrogens is 293 g/mol. The first-order valence-corrected chi connectivity index (χ1v) is 6.62. The van der Waals surface area contributed by atoms with Gasteiger partial charge in [0, 0.05) is 11.4 Å². The van der Waals surface area contributed by atoms with E-state index in [-0.39, 0.29) is 16.9 Å². The van der Waals surface area contributed by atoms with Crippen molar-refractivity contribution in [3.05, 3.63) is 23.1 Å². The van der Waals surface area contributed by atoms with E-state index in [1.165, 1.54) is 6.42 Å². The van der Waals surface area contributed by atoms with Crippen LogP contribution in [0, 0.1) is 5.92 Å². The molecule has 0 aliphatic heterocycles. The van der Waals surface area contributed by atoms with Crippen LogP contribution in [0.25, 0.3) is 0 Å². The lowest BCUT2D eigenvalue weighted by Crippen LogP contribution is -2.28. The van der Waals surface area contributed by atoms with Gasteiger partial charge in [-0.05, 0) is 48.9 Å². The van der Waals surface area contributed by atoms with Gasteiger partial charge in [-0.1, -0.05) is 15.9 Å². The highest BCUT2D eigenvalue weighted by molar-refractivity contribution is 9.09. The molecule has 2 atom stereocenters. The molecule has 1 aliphatic rings. The quantitative estimate of drug-likeness (QED) is 0.871. The van der Waals surface area contributed by atoms with Gasteiger partial charge in [0.2, 0.25) is 0 Å². The molecule has 16 heavy (non-hydrogen) atoms. The molecule has 1 aliphatic carbocycles. The number of hydrogen-bond acceptors (Lipinski definition) is 2. The topological polar surface area (TPSA) is 42.2 Å². The maximum Gasteiger partial charge on any atom is 0.287 e. The van der Waals surface area contributed by atoms with Crippen LogP contribution in [-0.4, -0.2) is 17.3 Å². The molecule has 1 aromatic heterocycles. The summed E-state index contributed by atoms with van der Waals surface area (Å²) in [5.74, 6) is 0.655. The molecule has 1 fully saturated rings. The second kappa shape index (κ2) is 5.23. The molecular formula is C11H13BrClNO2. The summed E-state index contributed by atoms with van der Waals surface area (Å²) in [5.41, 5.74) is 0. The summed E-state index contributed by atoms with van der Waals surface area (Å²) in [6, 6.07) is 3.15. The second-order valence-corrected chi connectivity index (χ2v) is 5.76. The van der Waals surface area contributed by atoms with Crippen molar-refractivity contribution in [3.8, 4) is 0 Å². The molecule has 5 heteroatoms. The van der Waals surface area contributed by atoms with Gasteiger partial charge in [-0.3, -0.25) is 4.79 Å². The fraction of sp³-hybridized carbons (Fsp3) is 0.545. The summed E-state index contributed by atoms with van der Waals surface area (Å²) in [6.45, 7) is 0.708. The molecule has 1 saturated carbocycles. The van der Waals surface area contributed by atoms with E-state index in [0.29, 0.717) is 17.3 Å². The van der Waals surface area contributed by atoms with E-state index in [4.69, 9.17) is 16.0 Å². The first-order valence-electron chi connectivity index (χ1n) is 5.33. The van der Waals surface area contributed by atoms with E-state index in [0.717, 1.165) is 12.8 Å². The van der Waals surface area contributed by atoms with Crippen molar-refractivity contribution in [2.45, 2.75) is 24.1 Å². The summed E-state index contributed by atoms with van der Waals surface area (Å²) in [6.07, 6.45) is 3.47. The number of alkyl halides is 1. The number of halogens is 2. The van der Waals surface area contributed by atoms with Crippen LogP contribution in [0.3, 0.4) is 0 Å². The third-order valence-electron chi connectivity index (χ3n) is 2.83. The Bertz CT molecular complexity index is 380. The Morgan fingerprint density at radius 3 is 2.94 bits per heavy atom. The molecule has 1 heterocycles. The Hall–Kier alpha value is -0.480. The van der Waals surface area contributed by atoms with Gasteiger partial charge in [-0.15, -0.1) is 0 Å². The molecule has 0 aromatic carbocycles. The van der Waals surface area contributed by atoms with Crippen molar-refractivity contribution in [3.63, 3.8) is 0 Å². The second-order valence-electron chi connectivity index (χ2n) is 4.09. The number of hydrogen-bond donors (Lipinski definition) is 1. The van der Waals surface area contributed by atoms with Crippen LogP contribution < -0.4 is 5.32 Å². The smallest absolute Gasteiger partial charge is 0.287 e. The number of nitrogens with one attached hydrogen (secondary N) is 1. The normalized spacial score (nSPS) is 24.6. The lowest BCUT2D eigenvalue weighted by atomic mass is 10.1. The van der Waals surface area contributed by atoms with Gasteiger partial charge in [0.15, 0.2) is 11.0 Å². The molecule has 2 unspecified atom stereocenters. The minimum absolute atomic E-state index is 0.190. The molecule has 0 spiro atoms. The fourth-order valence-corrected chi connectivity index (χ4v) is 2.90. The SMILES string of the molecule is O=C(NCC1CCC(Br)C1)c1ccc(Cl)o1. The zero-order chi connectivity index (χ0) is 11.5. The number of amides is 1. The van der Waals surface area contributed by atoms with Crippen molar-refractivity contribution in [2.75, 3.05) is 6.54 Å². The highest BCUT2D eigenvalue weighted by Gasteiger charge is 2.23. The van der Waals surface area contributed by atoms with Gasteiger partial charge in [0.1, 0.15) is 0 Å². The summed E-state index contributed by atoms with van der Waals surface area (Å²) in [4.78, 5) is 12.2. The molecule has 3 nitrogen and oxygen atoms in total. The zero-order valence-corrected chi connectivity index (χ0v) is 11.1. The van der Waals surface area contributed by atoms with Crippen LogP contribution in [-0.2, 0) is 0 Å². The highest BCUT2D eigenvalue weighted by atomic mass is 79.9. The molecule has 0 saturated heterocycles. The van der Waals surface area contributed by atoms with Gasteiger partial charge < -0.3 is 9.73 Å². The predicted molar refractivity (Wildman–Crippen MR) is 66.1 cm³/mol. The van der Waals surface area contributed by atoms with E-state index in [2.05, 4.69) is 21.2 Å². The summed E-state index contributed by atoms with van der Waals surface area (Å²) >= 11 is 9.18. The van der Waals surface area contributed by atoms with Crippen molar-refractivity contribution in [1.29, 1.82) is 0 Å². The van der Waals surface area contributed by atoms with Gasteiger partial charge in [-0.25, -0.2) is 0 Å². The van der Waals surface area contributed by atoms with E-state index >= 15 is 0 Å². The number of furan rings is 1. The lowest BCUT2D eigenvalue weighted by molar-refractivity contribution is 0.0920. The average Bonchev–Trinajstić information content (AvgIpc) is 2.84. The van der Waals surface area contributed by atoms with Crippen molar-refractivity contribution < 1.29 is 9.21 Å². The monoisotopic (exact) mass is 305 g/mol. The standard InChI is InChI=1S/C11H13BrClNO2/c12-8-2-1-7(5-8)6-14-11(15)9-3-4-10(13)16-9/h3-4,7-8H,1-2,5-6H2,(H,14,15). The van der Waals surface area contributed by atoms with Crippen LogP contribution in [0.5, 0.6) is 0 Å². The minimum Gasteiger partial charge on any atom is -0.440 e. The Morgan fingerprint density at radius 1 is 1.56 bits per heavy atom. The van der Waals surface area contributed by atoms with Gasteiger partial charge in [-0.2, -0.15) is 0 Å². The Labute approximate surface area is 108 Å². The van der Waals surface area contributed by atoms with E-state index in [1.807, 2.05) is 0 Å². The Morgan fingerprint density at radius 2 is 2.38 bits per heavy atom. The predicted octanol–water partition coefficient (Wildman–Crippen LogP) is 3.23. The third-order valence-corrected chi connectivity index (χ3v) is 3.86. The van der Waals surface area contributed by atoms with E-state index in [9.17, 15) is 4.79 Å². The maximum atomic E-state index is 11.6. The first kappa shape index (κ1) is 12.0. The number of rotatable bonds is 3. The van der Waals surface area contributed by atoms with Crippen LogP contribution in [0.15, 0.2) is 16.5 Å². The molecule has 0 radical (unpaired) electrons. The Balaban J connectivity index is 1.80. The average molecular weight is 307 g/mol. The van der Waals surface area contributed by atoms with E-state index in [1.54, 1.807) is 12.1 Å². The Kier molecular flexibility index (Phi) is 3.92. The van der Waals surface area contributed by atoms with Crippen LogP contribution in [0.4, 0.5) is 0 Å². The van der Waals surface area contributed by atoms with Crippen molar-refractivity contribution in [2.24, 2.45) is 5.92 Å². The molecule has 1 aromatic rings. The third kappa shape index (κ3) is 3.01. The fourth-order valence-electron chi connectivity index (χ4n) is 1.96. The minimum atomic E-state index is -0.190.